The summed E-state index contributed by atoms with van der Waals surface area (Å²) < 4.78 is 10.8. The Hall–Kier alpha value is -2.52. The number of esters is 1. The number of hydrogen-bond acceptors (Lipinski definition) is 6. The fourth-order valence-corrected chi connectivity index (χ4v) is 3.34. The Kier molecular flexibility index (Phi) is 5.48. The van der Waals surface area contributed by atoms with Crippen molar-refractivity contribution in [3.05, 3.63) is 52.2 Å². The Morgan fingerprint density at radius 2 is 2.15 bits per heavy atom. The third kappa shape index (κ3) is 3.83. The summed E-state index contributed by atoms with van der Waals surface area (Å²) in [7, 11) is 1.58. The number of methoxy groups -OCH3 is 1. The van der Waals surface area contributed by atoms with Crippen molar-refractivity contribution in [2.24, 2.45) is 0 Å². The molecule has 0 N–H and O–H groups in total. The summed E-state index contributed by atoms with van der Waals surface area (Å²) in [5.41, 5.74) is 3.29. The van der Waals surface area contributed by atoms with Gasteiger partial charge in [0.1, 0.15) is 23.5 Å². The van der Waals surface area contributed by atoms with Crippen LogP contribution in [-0.2, 0) is 11.3 Å². The first-order valence-corrected chi connectivity index (χ1v) is 9.59. The van der Waals surface area contributed by atoms with Crippen LogP contribution >= 0.6 is 11.8 Å². The largest absolute Gasteiger partial charge is 0.496 e. The van der Waals surface area contributed by atoms with Gasteiger partial charge in [-0.3, -0.25) is 0 Å². The molecule has 2 aromatic rings. The number of hydrogen-bond donors (Lipinski definition) is 0. The molecule has 3 rings (SSSR count). The van der Waals surface area contributed by atoms with Crippen LogP contribution in [-0.4, -0.2) is 24.3 Å². The summed E-state index contributed by atoms with van der Waals surface area (Å²) in [6.45, 7) is 2.05. The van der Waals surface area contributed by atoms with Crippen LogP contribution in [0.1, 0.15) is 51.5 Å². The SMILES string of the molecule is COc1ccc(C)cc1COC(=O)c1cc(C2CC2)nc(SC)c1C#N. The van der Waals surface area contributed by atoms with Crippen molar-refractivity contribution < 1.29 is 14.3 Å². The third-order valence-electron chi connectivity index (χ3n) is 4.32. The Morgan fingerprint density at radius 1 is 1.38 bits per heavy atom. The van der Waals surface area contributed by atoms with Gasteiger partial charge in [0.05, 0.1) is 18.2 Å². The highest BCUT2D eigenvalue weighted by atomic mass is 32.2. The lowest BCUT2D eigenvalue weighted by Crippen LogP contribution is -2.11. The second-order valence-electron chi connectivity index (χ2n) is 6.26. The second kappa shape index (κ2) is 7.79. The van der Waals surface area contributed by atoms with E-state index in [4.69, 9.17) is 9.47 Å². The quantitative estimate of drug-likeness (QED) is 0.561. The number of rotatable bonds is 6. The van der Waals surface area contributed by atoms with E-state index in [0.717, 1.165) is 29.7 Å². The topological polar surface area (TPSA) is 72.2 Å². The zero-order valence-electron chi connectivity index (χ0n) is 15.0. The van der Waals surface area contributed by atoms with E-state index in [1.165, 1.54) is 11.8 Å². The number of nitriles is 1. The fraction of sp³-hybridized carbons (Fsp3) is 0.350. The summed E-state index contributed by atoms with van der Waals surface area (Å²) in [5.74, 6) is 0.545. The molecule has 1 saturated carbocycles. The smallest absolute Gasteiger partial charge is 0.339 e. The van der Waals surface area contributed by atoms with Gasteiger partial charge < -0.3 is 9.47 Å². The lowest BCUT2D eigenvalue weighted by atomic mass is 10.1. The van der Waals surface area contributed by atoms with E-state index in [0.29, 0.717) is 22.3 Å². The summed E-state index contributed by atoms with van der Waals surface area (Å²) in [4.78, 5) is 17.2. The first-order valence-electron chi connectivity index (χ1n) is 8.37. The molecule has 5 nitrogen and oxygen atoms in total. The monoisotopic (exact) mass is 368 g/mol. The molecule has 0 aliphatic heterocycles. The maximum Gasteiger partial charge on any atom is 0.339 e. The number of aryl methyl sites for hydroxylation is 1. The molecule has 1 aliphatic carbocycles. The highest BCUT2D eigenvalue weighted by Crippen LogP contribution is 2.40. The zero-order chi connectivity index (χ0) is 18.7. The predicted molar refractivity (Wildman–Crippen MR) is 99.6 cm³/mol. The van der Waals surface area contributed by atoms with Crippen LogP contribution in [0.3, 0.4) is 0 Å². The standard InChI is InChI=1S/C20H20N2O3S/c1-12-4-7-18(24-2)14(8-12)11-25-20(23)15-9-17(13-5-6-13)22-19(26-3)16(15)10-21/h4,7-9,13H,5-6,11H2,1-3H3. The number of nitrogens with zero attached hydrogens (tertiary/aromatic N) is 2. The average Bonchev–Trinajstić information content (AvgIpc) is 3.50. The molecule has 1 aliphatic rings. The average molecular weight is 368 g/mol. The molecule has 0 spiro atoms. The summed E-state index contributed by atoms with van der Waals surface area (Å²) in [6.07, 6.45) is 4.00. The van der Waals surface area contributed by atoms with Gasteiger partial charge in [-0.2, -0.15) is 5.26 Å². The van der Waals surface area contributed by atoms with E-state index < -0.39 is 5.97 Å². The number of aromatic nitrogens is 1. The van der Waals surface area contributed by atoms with Crippen molar-refractivity contribution in [3.63, 3.8) is 0 Å². The van der Waals surface area contributed by atoms with Crippen LogP contribution in [0.5, 0.6) is 5.75 Å². The van der Waals surface area contributed by atoms with Crippen molar-refractivity contribution in [2.75, 3.05) is 13.4 Å². The van der Waals surface area contributed by atoms with E-state index in [1.54, 1.807) is 13.2 Å². The first kappa shape index (κ1) is 18.3. The molecule has 1 aromatic carbocycles. The number of carbonyl (C=O) groups excluding carboxylic acids is 1. The van der Waals surface area contributed by atoms with Crippen molar-refractivity contribution >= 4 is 17.7 Å². The molecular formula is C20H20N2O3S. The number of benzene rings is 1. The molecule has 0 amide bonds. The normalized spacial score (nSPS) is 13.2. The Balaban J connectivity index is 1.87. The highest BCUT2D eigenvalue weighted by molar-refractivity contribution is 7.98. The minimum absolute atomic E-state index is 0.0875. The van der Waals surface area contributed by atoms with Gasteiger partial charge in [0.25, 0.3) is 0 Å². The van der Waals surface area contributed by atoms with Gasteiger partial charge in [0.2, 0.25) is 0 Å². The van der Waals surface area contributed by atoms with Gasteiger partial charge >= 0.3 is 5.97 Å². The number of carbonyl (C=O) groups is 1. The summed E-state index contributed by atoms with van der Waals surface area (Å²) in [5, 5.41) is 10.1. The maximum absolute atomic E-state index is 12.7. The van der Waals surface area contributed by atoms with E-state index in [2.05, 4.69) is 11.1 Å². The molecule has 134 valence electrons. The lowest BCUT2D eigenvalue weighted by molar-refractivity contribution is 0.0469. The molecule has 6 heteroatoms. The maximum atomic E-state index is 12.7. The summed E-state index contributed by atoms with van der Waals surface area (Å²) in [6, 6.07) is 9.53. The molecule has 0 bridgehead atoms. The number of ether oxygens (including phenoxy) is 2. The van der Waals surface area contributed by atoms with Crippen molar-refractivity contribution in [2.45, 2.75) is 37.3 Å². The predicted octanol–water partition coefficient (Wildman–Crippen LogP) is 4.23. The van der Waals surface area contributed by atoms with Gasteiger partial charge in [0, 0.05) is 17.2 Å². The van der Waals surface area contributed by atoms with Gasteiger partial charge in [-0.15, -0.1) is 11.8 Å². The molecule has 0 radical (unpaired) electrons. The molecule has 1 aromatic heterocycles. The lowest BCUT2D eigenvalue weighted by Gasteiger charge is -2.12. The summed E-state index contributed by atoms with van der Waals surface area (Å²) >= 11 is 1.37. The van der Waals surface area contributed by atoms with Crippen LogP contribution in [0.25, 0.3) is 0 Å². The molecule has 0 atom stereocenters. The molecule has 26 heavy (non-hydrogen) atoms. The number of thioether (sulfide) groups is 1. The van der Waals surface area contributed by atoms with Crippen LogP contribution in [0.15, 0.2) is 29.3 Å². The van der Waals surface area contributed by atoms with Crippen LogP contribution in [0.4, 0.5) is 0 Å². The number of pyridine rings is 1. The van der Waals surface area contributed by atoms with E-state index in [1.807, 2.05) is 31.4 Å². The van der Waals surface area contributed by atoms with Crippen LogP contribution in [0, 0.1) is 18.3 Å². The Morgan fingerprint density at radius 3 is 2.77 bits per heavy atom. The highest BCUT2D eigenvalue weighted by Gasteiger charge is 2.29. The Labute approximate surface area is 157 Å². The van der Waals surface area contributed by atoms with E-state index >= 15 is 0 Å². The van der Waals surface area contributed by atoms with Crippen LogP contribution < -0.4 is 4.74 Å². The zero-order valence-corrected chi connectivity index (χ0v) is 15.9. The van der Waals surface area contributed by atoms with E-state index in [-0.39, 0.29) is 12.2 Å². The van der Waals surface area contributed by atoms with Crippen molar-refractivity contribution in [1.29, 1.82) is 5.26 Å². The van der Waals surface area contributed by atoms with Crippen molar-refractivity contribution in [3.8, 4) is 11.8 Å². The Bertz CT molecular complexity index is 885. The minimum atomic E-state index is -0.510. The fourth-order valence-electron chi connectivity index (χ4n) is 2.79. The molecule has 1 fully saturated rings. The minimum Gasteiger partial charge on any atom is -0.496 e. The van der Waals surface area contributed by atoms with Gasteiger partial charge in [-0.05, 0) is 44.2 Å². The molecule has 0 saturated heterocycles. The molecule has 0 unspecified atom stereocenters. The van der Waals surface area contributed by atoms with E-state index in [9.17, 15) is 10.1 Å². The van der Waals surface area contributed by atoms with Crippen molar-refractivity contribution in [1.82, 2.24) is 4.98 Å². The van der Waals surface area contributed by atoms with Gasteiger partial charge in [-0.1, -0.05) is 11.6 Å². The van der Waals surface area contributed by atoms with Gasteiger partial charge in [0.15, 0.2) is 0 Å². The first-order chi connectivity index (χ1) is 12.6. The second-order valence-corrected chi connectivity index (χ2v) is 7.05. The van der Waals surface area contributed by atoms with Gasteiger partial charge in [-0.25, -0.2) is 9.78 Å². The molecule has 1 heterocycles. The molecular weight excluding hydrogens is 348 g/mol. The third-order valence-corrected chi connectivity index (χ3v) is 5.00. The van der Waals surface area contributed by atoms with Crippen LogP contribution in [0.2, 0.25) is 0 Å².